The van der Waals surface area contributed by atoms with Crippen LogP contribution in [0.5, 0.6) is 0 Å². The highest BCUT2D eigenvalue weighted by Gasteiger charge is 2.13. The fourth-order valence-corrected chi connectivity index (χ4v) is 2.19. The quantitative estimate of drug-likeness (QED) is 0.909. The van der Waals surface area contributed by atoms with Crippen LogP contribution in [0.1, 0.15) is 11.1 Å². The summed E-state index contributed by atoms with van der Waals surface area (Å²) in [7, 11) is 0. The topological polar surface area (TPSA) is 79.8 Å². The minimum absolute atomic E-state index is 0.0745. The van der Waals surface area contributed by atoms with Crippen LogP contribution in [-0.2, 0) is 16.0 Å². The molecule has 6 heteroatoms. The van der Waals surface area contributed by atoms with Crippen molar-refractivity contribution in [1.29, 1.82) is 0 Å². The van der Waals surface area contributed by atoms with Crippen LogP contribution in [0.3, 0.4) is 0 Å². The molecule has 2 aromatic rings. The number of hydrogen-bond donors (Lipinski definition) is 2. The van der Waals surface area contributed by atoms with Crippen molar-refractivity contribution in [3.63, 3.8) is 0 Å². The number of hydrazone groups is 1. The zero-order chi connectivity index (χ0) is 16.1. The van der Waals surface area contributed by atoms with Gasteiger partial charge in [-0.1, -0.05) is 42.5 Å². The van der Waals surface area contributed by atoms with Gasteiger partial charge < -0.3 is 10.1 Å². The van der Waals surface area contributed by atoms with E-state index in [1.165, 1.54) is 0 Å². The summed E-state index contributed by atoms with van der Waals surface area (Å²) < 4.78 is 4.86. The lowest BCUT2D eigenvalue weighted by atomic mass is 10.1. The highest BCUT2D eigenvalue weighted by Crippen LogP contribution is 2.12. The maximum atomic E-state index is 12.0. The van der Waals surface area contributed by atoms with Gasteiger partial charge in [0.15, 0.2) is 0 Å². The number of benzene rings is 2. The molecule has 1 aliphatic rings. The maximum Gasteiger partial charge on any atom is 0.428 e. The summed E-state index contributed by atoms with van der Waals surface area (Å²) in [6.45, 7) is 0.131. The number of cyclic esters (lactones) is 1. The van der Waals surface area contributed by atoms with Gasteiger partial charge in [0.25, 0.3) is 0 Å². The van der Waals surface area contributed by atoms with Gasteiger partial charge in [0.2, 0.25) is 5.91 Å². The number of nitrogens with zero attached hydrogens (tertiary/aromatic N) is 1. The molecular weight excluding hydrogens is 294 g/mol. The first-order valence-electron chi connectivity index (χ1n) is 7.14. The van der Waals surface area contributed by atoms with E-state index in [0.717, 1.165) is 11.1 Å². The van der Waals surface area contributed by atoms with Crippen LogP contribution in [0, 0.1) is 0 Å². The van der Waals surface area contributed by atoms with Gasteiger partial charge in [-0.25, -0.2) is 10.2 Å². The largest absolute Gasteiger partial charge is 0.442 e. The number of amides is 2. The summed E-state index contributed by atoms with van der Waals surface area (Å²) in [6, 6.07) is 16.8. The SMILES string of the molecule is O=C(Cc1ccccc1)Nc1ccc(C2=NNC(=O)OC2)cc1. The number of nitrogens with one attached hydrogen (secondary N) is 2. The number of rotatable bonds is 4. The molecule has 0 unspecified atom stereocenters. The van der Waals surface area contributed by atoms with Crippen LogP contribution < -0.4 is 10.7 Å². The van der Waals surface area contributed by atoms with Crippen LogP contribution in [0.25, 0.3) is 0 Å². The Labute approximate surface area is 133 Å². The molecule has 0 saturated heterocycles. The van der Waals surface area contributed by atoms with Crippen molar-refractivity contribution in [2.45, 2.75) is 6.42 Å². The molecule has 0 aliphatic carbocycles. The van der Waals surface area contributed by atoms with E-state index in [2.05, 4.69) is 15.8 Å². The Hall–Kier alpha value is -3.15. The van der Waals surface area contributed by atoms with Crippen molar-refractivity contribution in [2.75, 3.05) is 11.9 Å². The highest BCUT2D eigenvalue weighted by atomic mass is 16.6. The molecule has 0 bridgehead atoms. The lowest BCUT2D eigenvalue weighted by molar-refractivity contribution is -0.115. The zero-order valence-electron chi connectivity index (χ0n) is 12.3. The van der Waals surface area contributed by atoms with Crippen molar-refractivity contribution < 1.29 is 14.3 Å². The standard InChI is InChI=1S/C17H15N3O3/c21-16(10-12-4-2-1-3-5-12)18-14-8-6-13(7-9-14)15-11-23-17(22)20-19-15/h1-9H,10-11H2,(H,18,21)(H,20,22). The minimum atomic E-state index is -0.557. The molecule has 0 spiro atoms. The number of carbonyl (C=O) groups is 2. The number of ether oxygens (including phenoxy) is 1. The van der Waals surface area contributed by atoms with E-state index in [1.54, 1.807) is 12.1 Å². The van der Waals surface area contributed by atoms with Crippen molar-refractivity contribution in [1.82, 2.24) is 5.43 Å². The third-order valence-electron chi connectivity index (χ3n) is 3.33. The average molecular weight is 309 g/mol. The van der Waals surface area contributed by atoms with Crippen molar-refractivity contribution in [2.24, 2.45) is 5.10 Å². The maximum absolute atomic E-state index is 12.0. The van der Waals surface area contributed by atoms with Crippen molar-refractivity contribution >= 4 is 23.4 Å². The van der Waals surface area contributed by atoms with Gasteiger partial charge in [0.05, 0.1) is 6.42 Å². The van der Waals surface area contributed by atoms with Gasteiger partial charge in [-0.2, -0.15) is 5.10 Å². The smallest absolute Gasteiger partial charge is 0.428 e. The Morgan fingerprint density at radius 3 is 2.52 bits per heavy atom. The van der Waals surface area contributed by atoms with E-state index >= 15 is 0 Å². The highest BCUT2D eigenvalue weighted by molar-refractivity contribution is 6.04. The fraction of sp³-hybridized carbons (Fsp3) is 0.118. The summed E-state index contributed by atoms with van der Waals surface area (Å²) in [6.07, 6.45) is -0.228. The second-order valence-corrected chi connectivity index (χ2v) is 5.03. The molecule has 23 heavy (non-hydrogen) atoms. The molecular formula is C17H15N3O3. The van der Waals surface area contributed by atoms with Crippen molar-refractivity contribution in [3.8, 4) is 0 Å². The Morgan fingerprint density at radius 1 is 1.13 bits per heavy atom. The van der Waals surface area contributed by atoms with Gasteiger partial charge in [-0.05, 0) is 17.7 Å². The van der Waals surface area contributed by atoms with Crippen LogP contribution in [-0.4, -0.2) is 24.3 Å². The third kappa shape index (κ3) is 3.94. The van der Waals surface area contributed by atoms with E-state index in [4.69, 9.17) is 4.74 Å². The van der Waals surface area contributed by atoms with Crippen LogP contribution in [0.2, 0.25) is 0 Å². The first kappa shape index (κ1) is 14.8. The van der Waals surface area contributed by atoms with Gasteiger partial charge in [-0.15, -0.1) is 0 Å². The zero-order valence-corrected chi connectivity index (χ0v) is 12.3. The van der Waals surface area contributed by atoms with E-state index < -0.39 is 6.09 Å². The van der Waals surface area contributed by atoms with Gasteiger partial charge in [0.1, 0.15) is 12.3 Å². The van der Waals surface area contributed by atoms with E-state index in [-0.39, 0.29) is 12.5 Å². The summed E-state index contributed by atoms with van der Waals surface area (Å²) in [5.41, 5.74) is 5.39. The van der Waals surface area contributed by atoms with Gasteiger partial charge in [0, 0.05) is 11.3 Å². The predicted octanol–water partition coefficient (Wildman–Crippen LogP) is 2.31. The van der Waals surface area contributed by atoms with Crippen molar-refractivity contribution in [3.05, 3.63) is 65.7 Å². The Balaban J connectivity index is 1.61. The lowest BCUT2D eigenvalue weighted by Crippen LogP contribution is -2.30. The molecule has 0 saturated carbocycles. The summed E-state index contributed by atoms with van der Waals surface area (Å²) in [5, 5.41) is 6.78. The monoisotopic (exact) mass is 309 g/mol. The van der Waals surface area contributed by atoms with E-state index in [0.29, 0.717) is 17.8 Å². The Bertz CT molecular complexity index is 739. The molecule has 0 aromatic heterocycles. The first-order chi connectivity index (χ1) is 11.2. The molecule has 6 nitrogen and oxygen atoms in total. The molecule has 2 aromatic carbocycles. The number of anilines is 1. The van der Waals surface area contributed by atoms with Crippen LogP contribution in [0.15, 0.2) is 59.7 Å². The van der Waals surface area contributed by atoms with Crippen LogP contribution in [0.4, 0.5) is 10.5 Å². The van der Waals surface area contributed by atoms with Crippen LogP contribution >= 0.6 is 0 Å². The van der Waals surface area contributed by atoms with E-state index in [9.17, 15) is 9.59 Å². The van der Waals surface area contributed by atoms with Gasteiger partial charge in [-0.3, -0.25) is 4.79 Å². The molecule has 1 aliphatic heterocycles. The Kier molecular flexibility index (Phi) is 4.33. The van der Waals surface area contributed by atoms with Gasteiger partial charge >= 0.3 is 6.09 Å². The summed E-state index contributed by atoms with van der Waals surface area (Å²) in [5.74, 6) is -0.0745. The number of hydrogen-bond acceptors (Lipinski definition) is 4. The average Bonchev–Trinajstić information content (AvgIpc) is 2.57. The Morgan fingerprint density at radius 2 is 1.87 bits per heavy atom. The second kappa shape index (κ2) is 6.74. The normalized spacial score (nSPS) is 13.6. The molecule has 0 atom stereocenters. The summed E-state index contributed by atoms with van der Waals surface area (Å²) >= 11 is 0. The molecule has 3 rings (SSSR count). The molecule has 2 N–H and O–H groups in total. The molecule has 0 fully saturated rings. The third-order valence-corrected chi connectivity index (χ3v) is 3.33. The first-order valence-corrected chi connectivity index (χ1v) is 7.14. The molecule has 2 amide bonds. The molecule has 1 heterocycles. The molecule has 116 valence electrons. The van der Waals surface area contributed by atoms with E-state index in [1.807, 2.05) is 42.5 Å². The molecule has 0 radical (unpaired) electrons. The minimum Gasteiger partial charge on any atom is -0.442 e. The lowest BCUT2D eigenvalue weighted by Gasteiger charge is -2.13. The summed E-state index contributed by atoms with van der Waals surface area (Å²) in [4.78, 5) is 22.9. The second-order valence-electron chi connectivity index (χ2n) is 5.03. The fourth-order valence-electron chi connectivity index (χ4n) is 2.19. The predicted molar refractivity (Wildman–Crippen MR) is 86.2 cm³/mol. The number of carbonyl (C=O) groups excluding carboxylic acids is 2.